The highest BCUT2D eigenvalue weighted by molar-refractivity contribution is 5.08. The van der Waals surface area contributed by atoms with Crippen LogP contribution >= 0.6 is 0 Å². The van der Waals surface area contributed by atoms with Gasteiger partial charge in [-0.15, -0.1) is 0 Å². The lowest BCUT2D eigenvalue weighted by molar-refractivity contribution is -0.288. The van der Waals surface area contributed by atoms with Crippen molar-refractivity contribution in [1.29, 1.82) is 0 Å². The Bertz CT molecular complexity index is 470. The quantitative estimate of drug-likeness (QED) is 0.416. The van der Waals surface area contributed by atoms with Gasteiger partial charge in [0.15, 0.2) is 6.29 Å². The molecule has 2 fully saturated rings. The summed E-state index contributed by atoms with van der Waals surface area (Å²) in [5.41, 5.74) is -0.183. The number of hydrogen-bond donors (Lipinski definition) is 0. The lowest BCUT2D eigenvalue weighted by Crippen LogP contribution is -2.48. The van der Waals surface area contributed by atoms with E-state index in [4.69, 9.17) is 14.2 Å². The van der Waals surface area contributed by atoms with E-state index >= 15 is 0 Å². The lowest BCUT2D eigenvalue weighted by atomic mass is 9.76. The average molecular weight is 351 g/mol. The monoisotopic (exact) mass is 350 g/mol. The summed E-state index contributed by atoms with van der Waals surface area (Å²) in [4.78, 5) is 0. The predicted molar refractivity (Wildman–Crippen MR) is 103 cm³/mol. The van der Waals surface area contributed by atoms with Gasteiger partial charge < -0.3 is 14.2 Å². The van der Waals surface area contributed by atoms with Crippen molar-refractivity contribution < 1.29 is 14.2 Å². The van der Waals surface area contributed by atoms with Gasteiger partial charge >= 0.3 is 0 Å². The summed E-state index contributed by atoms with van der Waals surface area (Å²) in [6.45, 7) is 16.8. The molecule has 0 amide bonds. The first-order valence-corrected chi connectivity index (χ1v) is 9.98. The zero-order chi connectivity index (χ0) is 18.7. The van der Waals surface area contributed by atoms with Gasteiger partial charge in [-0.3, -0.25) is 0 Å². The Labute approximate surface area is 154 Å². The van der Waals surface area contributed by atoms with Crippen LogP contribution in [-0.2, 0) is 14.2 Å². The van der Waals surface area contributed by atoms with Gasteiger partial charge in [-0.2, -0.15) is 0 Å². The first-order valence-electron chi connectivity index (χ1n) is 9.98. The third-order valence-corrected chi connectivity index (χ3v) is 5.50. The fraction of sp³-hybridized carbons (Fsp3) is 0.818. The molecule has 1 saturated heterocycles. The minimum absolute atomic E-state index is 0.00970. The van der Waals surface area contributed by atoms with E-state index in [-0.39, 0.29) is 23.6 Å². The van der Waals surface area contributed by atoms with Gasteiger partial charge in [-0.1, -0.05) is 26.5 Å². The molecule has 144 valence electrons. The second-order valence-corrected chi connectivity index (χ2v) is 9.18. The van der Waals surface area contributed by atoms with Gasteiger partial charge in [-0.25, -0.2) is 0 Å². The van der Waals surface area contributed by atoms with E-state index in [9.17, 15) is 0 Å². The van der Waals surface area contributed by atoms with Crippen LogP contribution in [0.3, 0.4) is 0 Å². The Hall–Kier alpha value is -0.800. The number of hydrogen-bond acceptors (Lipinski definition) is 3. The molecule has 0 N–H and O–H groups in total. The molecule has 2 rings (SSSR count). The van der Waals surface area contributed by atoms with Crippen molar-refractivity contribution in [3.63, 3.8) is 0 Å². The SMILES string of the molecule is C=C(/C=C/CCC1(O[C@@H]2O[C@@H](C)[C@H](C)C[C@H]2C)CCC1)OC(C)(C)C. The standard InChI is InChI=1S/C22H38O3/c1-16-15-17(2)20(23-19(16)4)25-22(13-10-14-22)12-9-8-11-18(3)24-21(5,6)7/h8,11,16-17,19-20H,3,9-10,12-15H2,1-2,4-7H3/b11-8+/t16-,17-,19+,20+/m1/s1. The van der Waals surface area contributed by atoms with Crippen LogP contribution in [-0.4, -0.2) is 23.6 Å². The van der Waals surface area contributed by atoms with Crippen LogP contribution in [0.2, 0.25) is 0 Å². The van der Waals surface area contributed by atoms with Gasteiger partial charge in [0.25, 0.3) is 0 Å². The Morgan fingerprint density at radius 1 is 1.20 bits per heavy atom. The van der Waals surface area contributed by atoms with Gasteiger partial charge in [0.1, 0.15) is 11.4 Å². The van der Waals surface area contributed by atoms with E-state index in [1.807, 2.05) is 26.8 Å². The Balaban J connectivity index is 1.82. The number of allylic oxidation sites excluding steroid dienone is 2. The first kappa shape index (κ1) is 20.5. The van der Waals surface area contributed by atoms with Crippen LogP contribution in [0.15, 0.2) is 24.5 Å². The van der Waals surface area contributed by atoms with E-state index in [1.54, 1.807) is 0 Å². The normalized spacial score (nSPS) is 32.4. The molecule has 25 heavy (non-hydrogen) atoms. The van der Waals surface area contributed by atoms with Crippen molar-refractivity contribution in [3.8, 4) is 0 Å². The molecule has 1 aliphatic heterocycles. The molecular weight excluding hydrogens is 312 g/mol. The molecule has 0 spiro atoms. The average Bonchev–Trinajstić information content (AvgIpc) is 2.44. The minimum Gasteiger partial charge on any atom is -0.489 e. The van der Waals surface area contributed by atoms with Crippen molar-refractivity contribution in [3.05, 3.63) is 24.5 Å². The maximum Gasteiger partial charge on any atom is 0.161 e. The summed E-state index contributed by atoms with van der Waals surface area (Å²) in [5.74, 6) is 1.81. The van der Waals surface area contributed by atoms with Crippen LogP contribution in [0, 0.1) is 11.8 Å². The van der Waals surface area contributed by atoms with E-state index in [0.717, 1.165) is 31.4 Å². The molecule has 1 saturated carbocycles. The molecule has 0 aromatic carbocycles. The molecule has 3 nitrogen and oxygen atoms in total. The second-order valence-electron chi connectivity index (χ2n) is 9.18. The topological polar surface area (TPSA) is 27.7 Å². The largest absolute Gasteiger partial charge is 0.489 e. The zero-order valence-electron chi connectivity index (χ0n) is 17.1. The van der Waals surface area contributed by atoms with Crippen molar-refractivity contribution in [2.45, 2.75) is 104 Å². The van der Waals surface area contributed by atoms with Crippen LogP contribution in [0.4, 0.5) is 0 Å². The third-order valence-electron chi connectivity index (χ3n) is 5.50. The zero-order valence-corrected chi connectivity index (χ0v) is 17.1. The maximum atomic E-state index is 6.52. The first-order chi connectivity index (χ1) is 11.6. The van der Waals surface area contributed by atoms with Crippen LogP contribution in [0.1, 0.15) is 80.1 Å². The Morgan fingerprint density at radius 3 is 2.44 bits per heavy atom. The molecule has 1 aliphatic carbocycles. The smallest absolute Gasteiger partial charge is 0.161 e. The fourth-order valence-corrected chi connectivity index (χ4v) is 3.75. The summed E-state index contributed by atoms with van der Waals surface area (Å²) >= 11 is 0. The summed E-state index contributed by atoms with van der Waals surface area (Å²) in [7, 11) is 0. The summed E-state index contributed by atoms with van der Waals surface area (Å²) < 4.78 is 18.4. The molecule has 0 aromatic rings. The van der Waals surface area contributed by atoms with E-state index in [1.165, 1.54) is 12.8 Å². The van der Waals surface area contributed by atoms with Gasteiger partial charge in [0.2, 0.25) is 0 Å². The summed E-state index contributed by atoms with van der Waals surface area (Å²) in [6, 6.07) is 0. The Morgan fingerprint density at radius 2 is 1.88 bits per heavy atom. The molecule has 0 radical (unpaired) electrons. The van der Waals surface area contributed by atoms with Gasteiger partial charge in [0.05, 0.1) is 11.7 Å². The molecule has 0 aromatic heterocycles. The second kappa shape index (κ2) is 8.26. The van der Waals surface area contributed by atoms with E-state index in [0.29, 0.717) is 11.8 Å². The molecule has 4 atom stereocenters. The van der Waals surface area contributed by atoms with Gasteiger partial charge in [0, 0.05) is 5.92 Å². The number of ether oxygens (including phenoxy) is 3. The van der Waals surface area contributed by atoms with Crippen LogP contribution in [0.5, 0.6) is 0 Å². The highest BCUT2D eigenvalue weighted by Gasteiger charge is 2.43. The highest BCUT2D eigenvalue weighted by atomic mass is 16.7. The summed E-state index contributed by atoms with van der Waals surface area (Å²) in [5, 5.41) is 0. The van der Waals surface area contributed by atoms with Crippen molar-refractivity contribution in [2.75, 3.05) is 0 Å². The third kappa shape index (κ3) is 6.14. The number of rotatable bonds is 7. The minimum atomic E-state index is -0.192. The highest BCUT2D eigenvalue weighted by Crippen LogP contribution is 2.43. The van der Waals surface area contributed by atoms with E-state index < -0.39 is 0 Å². The van der Waals surface area contributed by atoms with Crippen molar-refractivity contribution in [1.82, 2.24) is 0 Å². The molecule has 3 heteroatoms. The maximum absolute atomic E-state index is 6.52. The Kier molecular flexibility index (Phi) is 6.78. The lowest BCUT2D eigenvalue weighted by Gasteiger charge is -2.47. The fourth-order valence-electron chi connectivity index (χ4n) is 3.75. The van der Waals surface area contributed by atoms with Crippen molar-refractivity contribution >= 4 is 0 Å². The van der Waals surface area contributed by atoms with Gasteiger partial charge in [-0.05, 0) is 78.2 Å². The van der Waals surface area contributed by atoms with Crippen molar-refractivity contribution in [2.24, 2.45) is 11.8 Å². The summed E-state index contributed by atoms with van der Waals surface area (Å²) in [6.07, 6.45) is 11.2. The molecule has 1 heterocycles. The molecule has 0 unspecified atom stereocenters. The molecule has 2 aliphatic rings. The predicted octanol–water partition coefficient (Wildman–Crippen LogP) is 6.00. The van der Waals surface area contributed by atoms with Crippen LogP contribution in [0.25, 0.3) is 0 Å². The molecule has 0 bridgehead atoms. The molecular formula is C22H38O3. The van der Waals surface area contributed by atoms with Crippen LogP contribution < -0.4 is 0 Å². The van der Waals surface area contributed by atoms with E-state index in [2.05, 4.69) is 33.4 Å².